The van der Waals surface area contributed by atoms with Gasteiger partial charge in [-0.3, -0.25) is 4.79 Å². The fourth-order valence-corrected chi connectivity index (χ4v) is 0.660. The number of Topliss-reactive ketones (excluding diaryl/α,β-unsaturated/α-hetero) is 1. The quantitative estimate of drug-likeness (QED) is 0.731. The molecular formula is C7HF7N2O. The van der Waals surface area contributed by atoms with Gasteiger partial charge in [-0.1, -0.05) is 0 Å². The Hall–Kier alpha value is -1.84. The minimum atomic E-state index is -6.68. The van der Waals surface area contributed by atoms with E-state index < -0.39 is 29.7 Å². The predicted octanol–water partition coefficient (Wildman–Crippen LogP) is 2.05. The van der Waals surface area contributed by atoms with Crippen LogP contribution in [0.2, 0.25) is 0 Å². The molecule has 0 spiro atoms. The van der Waals surface area contributed by atoms with E-state index in [1.54, 1.807) is 0 Å². The number of rotatable bonds is 3. The first kappa shape index (κ1) is 15.2. The zero-order chi connectivity index (χ0) is 14.1. The van der Waals surface area contributed by atoms with Gasteiger partial charge in [-0.15, -0.1) is 0 Å². The Labute approximate surface area is 89.0 Å². The Bertz CT molecular complexity index is 386. The molecule has 0 saturated heterocycles. The van der Waals surface area contributed by atoms with Crippen LogP contribution in [0.5, 0.6) is 0 Å². The topological polar surface area (TPSA) is 64.7 Å². The monoisotopic (exact) mass is 262 g/mol. The number of ketones is 1. The van der Waals surface area contributed by atoms with Crippen LogP contribution in [0.25, 0.3) is 0 Å². The van der Waals surface area contributed by atoms with Gasteiger partial charge in [-0.25, -0.2) is 0 Å². The van der Waals surface area contributed by atoms with Crippen LogP contribution in [-0.4, -0.2) is 23.8 Å². The molecular weight excluding hydrogens is 261 g/mol. The second kappa shape index (κ2) is 4.20. The highest BCUT2D eigenvalue weighted by molar-refractivity contribution is 5.92. The molecule has 0 aromatic carbocycles. The van der Waals surface area contributed by atoms with Gasteiger partial charge in [0.1, 0.15) is 0 Å². The lowest BCUT2D eigenvalue weighted by molar-refractivity contribution is -0.343. The zero-order valence-corrected chi connectivity index (χ0v) is 7.53. The molecule has 94 valence electrons. The van der Waals surface area contributed by atoms with Crippen molar-refractivity contribution in [3.63, 3.8) is 0 Å². The van der Waals surface area contributed by atoms with Gasteiger partial charge in [0, 0.05) is 0 Å². The lowest BCUT2D eigenvalue weighted by atomic mass is 9.97. The number of hydrogen-bond donors (Lipinski definition) is 0. The first-order valence-electron chi connectivity index (χ1n) is 3.59. The molecule has 0 bridgehead atoms. The Kier molecular flexibility index (Phi) is 3.75. The summed E-state index contributed by atoms with van der Waals surface area (Å²) in [4.78, 5) is 10.5. The van der Waals surface area contributed by atoms with Crippen LogP contribution in [-0.2, 0) is 4.79 Å². The molecule has 0 heterocycles. The van der Waals surface area contributed by atoms with E-state index in [-0.39, 0.29) is 0 Å². The van der Waals surface area contributed by atoms with E-state index in [4.69, 9.17) is 10.5 Å². The second-order valence-electron chi connectivity index (χ2n) is 2.70. The van der Waals surface area contributed by atoms with E-state index in [0.29, 0.717) is 12.1 Å². The molecule has 0 atom stereocenters. The summed E-state index contributed by atoms with van der Waals surface area (Å²) in [7, 11) is 0. The summed E-state index contributed by atoms with van der Waals surface area (Å²) < 4.78 is 84.6. The predicted molar refractivity (Wildman–Crippen MR) is 35.7 cm³/mol. The number of carbonyl (C=O) groups is 1. The van der Waals surface area contributed by atoms with Gasteiger partial charge in [-0.05, 0) is 0 Å². The van der Waals surface area contributed by atoms with Crippen LogP contribution in [0.15, 0.2) is 0 Å². The summed E-state index contributed by atoms with van der Waals surface area (Å²) >= 11 is 0. The van der Waals surface area contributed by atoms with Crippen molar-refractivity contribution in [2.24, 2.45) is 5.92 Å². The Morgan fingerprint density at radius 3 is 1.53 bits per heavy atom. The number of nitriles is 2. The molecule has 0 unspecified atom stereocenters. The summed E-state index contributed by atoms with van der Waals surface area (Å²) in [5.41, 5.74) is 0. The molecule has 0 radical (unpaired) electrons. The van der Waals surface area contributed by atoms with Gasteiger partial charge in [0.25, 0.3) is 0 Å². The third-order valence-electron chi connectivity index (χ3n) is 1.58. The Morgan fingerprint density at radius 1 is 0.941 bits per heavy atom. The van der Waals surface area contributed by atoms with Gasteiger partial charge in [0.2, 0.25) is 5.78 Å². The highest BCUT2D eigenvalue weighted by atomic mass is 19.4. The molecule has 0 amide bonds. The summed E-state index contributed by atoms with van der Waals surface area (Å²) in [6, 6.07) is 1.18. The summed E-state index contributed by atoms with van der Waals surface area (Å²) in [5.74, 6) is -18.8. The van der Waals surface area contributed by atoms with Crippen molar-refractivity contribution in [3.8, 4) is 12.1 Å². The first-order chi connectivity index (χ1) is 7.43. The van der Waals surface area contributed by atoms with E-state index in [2.05, 4.69) is 0 Å². The lowest BCUT2D eigenvalue weighted by Gasteiger charge is -2.26. The smallest absolute Gasteiger partial charge is 0.290 e. The SMILES string of the molecule is N#CC(C#N)C(=O)C(F)(F)C(F)(F)C(F)(F)F. The largest absolute Gasteiger partial charge is 0.460 e. The van der Waals surface area contributed by atoms with Crippen LogP contribution in [0.1, 0.15) is 0 Å². The minimum Gasteiger partial charge on any atom is -0.290 e. The van der Waals surface area contributed by atoms with Crippen molar-refractivity contribution >= 4 is 5.78 Å². The van der Waals surface area contributed by atoms with Crippen molar-refractivity contribution in [1.82, 2.24) is 0 Å². The maximum absolute atomic E-state index is 12.6. The van der Waals surface area contributed by atoms with E-state index in [1.165, 1.54) is 0 Å². The highest BCUT2D eigenvalue weighted by Crippen LogP contribution is 2.47. The molecule has 0 fully saturated rings. The first-order valence-corrected chi connectivity index (χ1v) is 3.59. The van der Waals surface area contributed by atoms with Gasteiger partial charge < -0.3 is 0 Å². The second-order valence-corrected chi connectivity index (χ2v) is 2.70. The van der Waals surface area contributed by atoms with Gasteiger partial charge in [0.05, 0.1) is 12.1 Å². The van der Waals surface area contributed by atoms with Crippen LogP contribution in [0.4, 0.5) is 30.7 Å². The normalized spacial score (nSPS) is 13.1. The molecule has 0 aliphatic carbocycles. The van der Waals surface area contributed by atoms with Crippen LogP contribution >= 0.6 is 0 Å². The molecule has 17 heavy (non-hydrogen) atoms. The van der Waals surface area contributed by atoms with E-state index in [0.717, 1.165) is 0 Å². The fourth-order valence-electron chi connectivity index (χ4n) is 0.660. The number of carbonyl (C=O) groups excluding carboxylic acids is 1. The van der Waals surface area contributed by atoms with E-state index in [9.17, 15) is 35.5 Å². The molecule has 0 rings (SSSR count). The molecule has 0 aromatic heterocycles. The third kappa shape index (κ3) is 2.30. The van der Waals surface area contributed by atoms with Crippen LogP contribution in [0, 0.1) is 28.6 Å². The fraction of sp³-hybridized carbons (Fsp3) is 0.571. The molecule has 0 N–H and O–H groups in total. The number of hydrogen-bond acceptors (Lipinski definition) is 3. The van der Waals surface area contributed by atoms with Gasteiger partial charge in [0.15, 0.2) is 5.92 Å². The van der Waals surface area contributed by atoms with Crippen molar-refractivity contribution in [1.29, 1.82) is 10.5 Å². The number of halogens is 7. The molecule has 3 nitrogen and oxygen atoms in total. The average molecular weight is 262 g/mol. The van der Waals surface area contributed by atoms with Crippen molar-refractivity contribution in [3.05, 3.63) is 0 Å². The Balaban J connectivity index is 5.53. The molecule has 10 heteroatoms. The Morgan fingerprint density at radius 2 is 1.29 bits per heavy atom. The van der Waals surface area contributed by atoms with Crippen LogP contribution < -0.4 is 0 Å². The summed E-state index contributed by atoms with van der Waals surface area (Å²) in [5, 5.41) is 16.0. The summed E-state index contributed by atoms with van der Waals surface area (Å²) in [6.07, 6.45) is -6.68. The standard InChI is InChI=1S/C7HF7N2O/c8-5(9,4(17)3(1-15)2-16)6(10,11)7(12,13)14/h3H. The van der Waals surface area contributed by atoms with Crippen molar-refractivity contribution in [2.75, 3.05) is 0 Å². The average Bonchev–Trinajstić information content (AvgIpc) is 2.17. The van der Waals surface area contributed by atoms with E-state index >= 15 is 0 Å². The maximum atomic E-state index is 12.6. The van der Waals surface area contributed by atoms with Crippen molar-refractivity contribution < 1.29 is 35.5 Å². The third-order valence-corrected chi connectivity index (χ3v) is 1.58. The summed E-state index contributed by atoms with van der Waals surface area (Å²) in [6.45, 7) is 0. The maximum Gasteiger partial charge on any atom is 0.460 e. The van der Waals surface area contributed by atoms with E-state index in [1.807, 2.05) is 0 Å². The molecule has 0 saturated carbocycles. The zero-order valence-electron chi connectivity index (χ0n) is 7.53. The van der Waals surface area contributed by atoms with Crippen LogP contribution in [0.3, 0.4) is 0 Å². The molecule has 0 aliphatic rings. The van der Waals surface area contributed by atoms with Gasteiger partial charge >= 0.3 is 18.0 Å². The molecule has 0 aliphatic heterocycles. The number of alkyl halides is 7. The minimum absolute atomic E-state index is 0.590. The van der Waals surface area contributed by atoms with Crippen molar-refractivity contribution in [2.45, 2.75) is 18.0 Å². The number of nitrogens with zero attached hydrogens (tertiary/aromatic N) is 2. The highest BCUT2D eigenvalue weighted by Gasteiger charge is 2.76. The van der Waals surface area contributed by atoms with Gasteiger partial charge in [-0.2, -0.15) is 41.3 Å². The lowest BCUT2D eigenvalue weighted by Crippen LogP contribution is -2.57. The molecule has 0 aromatic rings.